The van der Waals surface area contributed by atoms with Crippen molar-refractivity contribution in [2.75, 3.05) is 0 Å². The number of hydrogen-bond donors (Lipinski definition) is 0. The van der Waals surface area contributed by atoms with E-state index in [1.165, 1.54) is 16.7 Å². The zero-order chi connectivity index (χ0) is 35.3. The van der Waals surface area contributed by atoms with Crippen molar-refractivity contribution in [1.82, 2.24) is 14.1 Å². The summed E-state index contributed by atoms with van der Waals surface area (Å²) in [6.07, 6.45) is 7.63. The molecule has 0 aliphatic carbocycles. The molecule has 0 radical (unpaired) electrons. The molecule has 0 spiro atoms. The van der Waals surface area contributed by atoms with E-state index >= 15 is 0 Å². The summed E-state index contributed by atoms with van der Waals surface area (Å²) in [5.74, 6) is 2.06. The fourth-order valence-corrected chi connectivity index (χ4v) is 6.58. The number of imidazole rings is 1. The average Bonchev–Trinajstić information content (AvgIpc) is 3.73. The first-order valence-electron chi connectivity index (χ1n) is 17.4. The first kappa shape index (κ1) is 35.2. The van der Waals surface area contributed by atoms with Gasteiger partial charge in [-0.2, -0.15) is 18.2 Å². The Labute approximate surface area is 320 Å². The molecule has 0 fully saturated rings. The summed E-state index contributed by atoms with van der Waals surface area (Å²) < 4.78 is 12.8. The number of hydrogen-bond acceptors (Lipinski definition) is 2. The number of benzene rings is 5. The third kappa shape index (κ3) is 6.74. The Morgan fingerprint density at radius 2 is 1.37 bits per heavy atom. The van der Waals surface area contributed by atoms with Crippen LogP contribution in [0, 0.1) is 18.5 Å². The smallest absolute Gasteiger partial charge is 0.267 e. The summed E-state index contributed by atoms with van der Waals surface area (Å²) in [6, 6.07) is 48.9. The van der Waals surface area contributed by atoms with Gasteiger partial charge in [-0.1, -0.05) is 108 Å². The molecule has 3 aromatic heterocycles. The molecule has 3 heterocycles. The molecule has 6 heteroatoms. The van der Waals surface area contributed by atoms with Gasteiger partial charge in [0.15, 0.2) is 0 Å². The fraction of sp³-hybridized carbons (Fsp3) is 0.174. The molecule has 0 amide bonds. The molecule has 0 saturated carbocycles. The van der Waals surface area contributed by atoms with E-state index in [0.29, 0.717) is 11.5 Å². The minimum atomic E-state index is -0.152. The summed E-state index contributed by atoms with van der Waals surface area (Å²) in [4.78, 5) is 4.81. The van der Waals surface area contributed by atoms with Crippen molar-refractivity contribution < 1.29 is 30.4 Å². The molecule has 0 aliphatic rings. The van der Waals surface area contributed by atoms with Crippen LogP contribution >= 0.6 is 0 Å². The van der Waals surface area contributed by atoms with Gasteiger partial charge < -0.3 is 13.9 Å². The maximum Gasteiger partial charge on any atom is 0.267 e. The van der Waals surface area contributed by atoms with E-state index in [0.717, 1.165) is 44.7 Å². The number of aromatic nitrogens is 4. The van der Waals surface area contributed by atoms with Crippen molar-refractivity contribution in [3.05, 3.63) is 163 Å². The van der Waals surface area contributed by atoms with E-state index in [9.17, 15) is 0 Å². The second-order valence-electron chi connectivity index (χ2n) is 15.1. The minimum Gasteiger partial charge on any atom is -0.510 e. The Balaban J connectivity index is 0.00000420. The Bertz CT molecular complexity index is 2520. The van der Waals surface area contributed by atoms with Crippen LogP contribution in [0.5, 0.6) is 11.5 Å². The number of nitrogens with zero attached hydrogens (tertiary/aromatic N) is 4. The van der Waals surface area contributed by atoms with Gasteiger partial charge in [-0.15, -0.1) is 29.7 Å². The van der Waals surface area contributed by atoms with Crippen molar-refractivity contribution in [2.45, 2.75) is 52.4 Å². The molecule has 5 nitrogen and oxygen atoms in total. The van der Waals surface area contributed by atoms with Crippen LogP contribution in [0.15, 0.2) is 134 Å². The molecule has 8 rings (SSSR count). The normalized spacial score (nSPS) is 11.9. The number of pyridine rings is 1. The molecule has 0 saturated heterocycles. The van der Waals surface area contributed by atoms with Crippen LogP contribution in [0.1, 0.15) is 52.8 Å². The first-order valence-corrected chi connectivity index (χ1v) is 17.4. The zero-order valence-electron chi connectivity index (χ0n) is 30.2. The van der Waals surface area contributed by atoms with Crippen LogP contribution in [0.3, 0.4) is 0 Å². The van der Waals surface area contributed by atoms with E-state index in [1.807, 2.05) is 36.5 Å². The van der Waals surface area contributed by atoms with Gasteiger partial charge in [0.1, 0.15) is 5.82 Å². The zero-order valence-corrected chi connectivity index (χ0v) is 32.5. The van der Waals surface area contributed by atoms with Gasteiger partial charge in [-0.3, -0.25) is 4.57 Å². The third-order valence-corrected chi connectivity index (χ3v) is 9.33. The van der Waals surface area contributed by atoms with Crippen LogP contribution in [0.25, 0.3) is 50.1 Å². The topological polar surface area (TPSA) is 35.9 Å². The molecule has 52 heavy (non-hydrogen) atoms. The summed E-state index contributed by atoms with van der Waals surface area (Å²) in [5.41, 5.74) is 8.41. The molecule has 262 valence electrons. The third-order valence-electron chi connectivity index (χ3n) is 9.33. The summed E-state index contributed by atoms with van der Waals surface area (Å²) in [6.45, 7) is 13.3. The predicted molar refractivity (Wildman–Crippen MR) is 205 cm³/mol. The Hall–Kier alpha value is -5.25. The molecule has 5 aromatic carbocycles. The number of fused-ring (bicyclic) bond motifs is 3. The Morgan fingerprint density at radius 1 is 0.654 bits per heavy atom. The van der Waals surface area contributed by atoms with Crippen LogP contribution in [-0.4, -0.2) is 14.1 Å². The fourth-order valence-electron chi connectivity index (χ4n) is 6.58. The van der Waals surface area contributed by atoms with E-state index in [-0.39, 0.29) is 31.9 Å². The molecule has 8 aromatic rings. The summed E-state index contributed by atoms with van der Waals surface area (Å²) in [5, 5.41) is 2.24. The second kappa shape index (κ2) is 13.7. The predicted octanol–water partition coefficient (Wildman–Crippen LogP) is 10.7. The van der Waals surface area contributed by atoms with Crippen LogP contribution in [-0.2, 0) is 31.9 Å². The van der Waals surface area contributed by atoms with E-state index in [2.05, 4.69) is 171 Å². The van der Waals surface area contributed by atoms with Crippen molar-refractivity contribution in [3.63, 3.8) is 0 Å². The number of ether oxygens (including phenoxy) is 1. The Kier molecular flexibility index (Phi) is 9.27. The summed E-state index contributed by atoms with van der Waals surface area (Å²) in [7, 11) is 0. The summed E-state index contributed by atoms with van der Waals surface area (Å²) >= 11 is 0. The molecular formula is C46H40N4OPt-2. The second-order valence-corrected chi connectivity index (χ2v) is 15.1. The van der Waals surface area contributed by atoms with Crippen molar-refractivity contribution in [1.29, 1.82) is 0 Å². The van der Waals surface area contributed by atoms with Gasteiger partial charge >= 0.3 is 0 Å². The van der Waals surface area contributed by atoms with Crippen LogP contribution in [0.4, 0.5) is 0 Å². The van der Waals surface area contributed by atoms with Gasteiger partial charge in [0, 0.05) is 50.5 Å². The molecule has 0 atom stereocenters. The number of para-hydroxylation sites is 1. The van der Waals surface area contributed by atoms with E-state index < -0.39 is 0 Å². The van der Waals surface area contributed by atoms with Crippen molar-refractivity contribution >= 4 is 21.8 Å². The van der Waals surface area contributed by atoms with Gasteiger partial charge in [0.25, 0.3) is 6.33 Å². The number of rotatable bonds is 6. The van der Waals surface area contributed by atoms with Crippen LogP contribution in [0.2, 0.25) is 0 Å². The first-order chi connectivity index (χ1) is 24.5. The quantitative estimate of drug-likeness (QED) is 0.123. The SMILES string of the molecule is CC(C)(C)c1ccnc(-n2c3[c-]c(Oc4[c-]c(-n5[c-][n+](-c6ccc(-c7ccccc7)cc6)cc5C(C)(C)C)ccc4)ccc3c3ccccc32)c1.[Pt]. The maximum atomic E-state index is 6.51. The maximum absolute atomic E-state index is 6.51. The standard InChI is InChI=1S/C46H40N4O.Pt/c1-45(2,3)34-25-26-47-44(27-34)50-41-18-11-10-17-39(41)40-24-23-38(29-42(40)50)51-37-16-12-15-36(28-37)49-31-48(30-43(49)46(4,5)6)35-21-19-33(20-22-35)32-13-8-7-9-14-32;/h7-27,30H,1-6H3;/q-2;. The van der Waals surface area contributed by atoms with Crippen LogP contribution < -0.4 is 9.30 Å². The molecule has 0 unspecified atom stereocenters. The van der Waals surface area contributed by atoms with Crippen molar-refractivity contribution in [2.24, 2.45) is 0 Å². The minimum absolute atomic E-state index is 0. The van der Waals surface area contributed by atoms with Gasteiger partial charge in [-0.05, 0) is 68.9 Å². The van der Waals surface area contributed by atoms with Gasteiger partial charge in [-0.25, -0.2) is 4.98 Å². The molecule has 0 bridgehead atoms. The van der Waals surface area contributed by atoms with E-state index in [1.54, 1.807) is 0 Å². The van der Waals surface area contributed by atoms with Gasteiger partial charge in [0.05, 0.1) is 11.4 Å². The average molecular weight is 860 g/mol. The van der Waals surface area contributed by atoms with Gasteiger partial charge in [0.2, 0.25) is 0 Å². The van der Waals surface area contributed by atoms with Crippen molar-refractivity contribution in [3.8, 4) is 39.8 Å². The molecule has 0 N–H and O–H groups in total. The van der Waals surface area contributed by atoms with E-state index in [4.69, 9.17) is 9.72 Å². The molecular weight excluding hydrogens is 820 g/mol. The largest absolute Gasteiger partial charge is 0.510 e. The monoisotopic (exact) mass is 859 g/mol. The Morgan fingerprint density at radius 3 is 2.12 bits per heavy atom. The molecule has 0 aliphatic heterocycles.